The van der Waals surface area contributed by atoms with E-state index in [2.05, 4.69) is 36.9 Å². The van der Waals surface area contributed by atoms with Gasteiger partial charge < -0.3 is 14.5 Å². The van der Waals surface area contributed by atoms with Gasteiger partial charge in [-0.3, -0.25) is 4.79 Å². The molecule has 0 saturated carbocycles. The first-order chi connectivity index (χ1) is 9.56. The number of ketones is 1. The van der Waals surface area contributed by atoms with E-state index in [-0.39, 0.29) is 5.78 Å². The summed E-state index contributed by atoms with van der Waals surface area (Å²) in [6.45, 7) is 5.02. The molecule has 4 nitrogen and oxygen atoms in total. The van der Waals surface area contributed by atoms with Gasteiger partial charge in [0.15, 0.2) is 5.78 Å². The number of methoxy groups -OCH3 is 1. The van der Waals surface area contributed by atoms with Gasteiger partial charge in [-0.1, -0.05) is 0 Å². The first-order valence-corrected chi connectivity index (χ1v) is 7.20. The van der Waals surface area contributed by atoms with Crippen molar-refractivity contribution >= 4 is 11.5 Å². The summed E-state index contributed by atoms with van der Waals surface area (Å²) in [4.78, 5) is 16.3. The van der Waals surface area contributed by atoms with Gasteiger partial charge in [-0.25, -0.2) is 0 Å². The van der Waals surface area contributed by atoms with Gasteiger partial charge in [-0.2, -0.15) is 0 Å². The second-order valence-electron chi connectivity index (χ2n) is 5.49. The number of fused-ring (bicyclic) bond motifs is 1. The molecule has 1 aromatic rings. The van der Waals surface area contributed by atoms with E-state index in [0.29, 0.717) is 6.42 Å². The van der Waals surface area contributed by atoms with Crippen LogP contribution in [-0.4, -0.2) is 51.5 Å². The summed E-state index contributed by atoms with van der Waals surface area (Å²) in [7, 11) is 5.82. The Balaban J connectivity index is 2.32. The molecular weight excluding hydrogens is 252 g/mol. The molecule has 0 heterocycles. The first kappa shape index (κ1) is 14.9. The summed E-state index contributed by atoms with van der Waals surface area (Å²) in [5.74, 6) is 1.04. The summed E-state index contributed by atoms with van der Waals surface area (Å²) in [6, 6.07) is 4.05. The van der Waals surface area contributed by atoms with Crippen LogP contribution < -0.4 is 9.64 Å². The molecule has 0 fully saturated rings. The molecule has 4 heteroatoms. The number of carbonyl (C=O) groups is 1. The SMILES string of the molecule is CCN(CCN(C)C)c1cc2c(cc1OC)C(=O)CC2. The highest BCUT2D eigenvalue weighted by atomic mass is 16.5. The molecule has 1 aliphatic rings. The molecule has 0 saturated heterocycles. The van der Waals surface area contributed by atoms with Crippen molar-refractivity contribution in [3.05, 3.63) is 23.3 Å². The van der Waals surface area contributed by atoms with Gasteiger partial charge in [0.05, 0.1) is 12.8 Å². The van der Waals surface area contributed by atoms with Crippen LogP contribution in [0.1, 0.15) is 29.3 Å². The van der Waals surface area contributed by atoms with E-state index in [1.54, 1.807) is 7.11 Å². The predicted octanol–water partition coefficient (Wildman–Crippen LogP) is 2.21. The van der Waals surface area contributed by atoms with E-state index in [4.69, 9.17) is 4.74 Å². The Bertz CT molecular complexity index is 497. The number of ether oxygens (including phenoxy) is 1. The van der Waals surface area contributed by atoms with Gasteiger partial charge in [0.25, 0.3) is 0 Å². The number of carbonyl (C=O) groups excluding carboxylic acids is 1. The number of anilines is 1. The van der Waals surface area contributed by atoms with Gasteiger partial charge in [0.2, 0.25) is 0 Å². The topological polar surface area (TPSA) is 32.8 Å². The lowest BCUT2D eigenvalue weighted by Gasteiger charge is -2.27. The Kier molecular flexibility index (Phi) is 4.65. The number of aryl methyl sites for hydroxylation is 1. The molecule has 1 aromatic carbocycles. The maximum absolute atomic E-state index is 11.8. The van der Waals surface area contributed by atoms with Gasteiger partial charge in [-0.05, 0) is 45.1 Å². The van der Waals surface area contributed by atoms with Crippen molar-refractivity contribution in [1.29, 1.82) is 0 Å². The third-order valence-electron chi connectivity index (χ3n) is 3.87. The van der Waals surface area contributed by atoms with Crippen LogP contribution in [0.5, 0.6) is 5.75 Å². The lowest BCUT2D eigenvalue weighted by atomic mass is 10.1. The molecule has 0 aliphatic heterocycles. The quantitative estimate of drug-likeness (QED) is 0.797. The van der Waals surface area contributed by atoms with Crippen molar-refractivity contribution in [3.63, 3.8) is 0 Å². The van der Waals surface area contributed by atoms with Crippen molar-refractivity contribution in [2.45, 2.75) is 19.8 Å². The van der Waals surface area contributed by atoms with Crippen molar-refractivity contribution in [3.8, 4) is 5.75 Å². The molecule has 0 unspecified atom stereocenters. The van der Waals surface area contributed by atoms with Gasteiger partial charge in [0.1, 0.15) is 5.75 Å². The average molecular weight is 276 g/mol. The molecule has 0 amide bonds. The molecule has 2 rings (SSSR count). The minimum Gasteiger partial charge on any atom is -0.495 e. The molecule has 110 valence electrons. The minimum atomic E-state index is 0.237. The fraction of sp³-hybridized carbons (Fsp3) is 0.562. The number of hydrogen-bond donors (Lipinski definition) is 0. The highest BCUT2D eigenvalue weighted by molar-refractivity contribution is 6.01. The summed E-state index contributed by atoms with van der Waals surface area (Å²) in [5.41, 5.74) is 3.11. The highest BCUT2D eigenvalue weighted by Crippen LogP contribution is 2.35. The number of nitrogens with zero attached hydrogens (tertiary/aromatic N) is 2. The standard InChI is InChI=1S/C16H24N2O2/c1-5-18(9-8-17(2)3)14-10-12-6-7-15(19)13(12)11-16(14)20-4/h10-11H,5-9H2,1-4H3. The van der Waals surface area contributed by atoms with Crippen molar-refractivity contribution in [2.75, 3.05) is 45.7 Å². The van der Waals surface area contributed by atoms with Gasteiger partial charge in [0, 0.05) is 31.6 Å². The molecule has 20 heavy (non-hydrogen) atoms. The number of hydrogen-bond acceptors (Lipinski definition) is 4. The normalized spacial score (nSPS) is 13.8. The Labute approximate surface area is 121 Å². The van der Waals surface area contributed by atoms with E-state index >= 15 is 0 Å². The maximum atomic E-state index is 11.8. The predicted molar refractivity (Wildman–Crippen MR) is 82.1 cm³/mol. The zero-order valence-corrected chi connectivity index (χ0v) is 12.9. The lowest BCUT2D eigenvalue weighted by Crippen LogP contribution is -2.31. The average Bonchev–Trinajstić information content (AvgIpc) is 2.79. The van der Waals surface area contributed by atoms with Crippen LogP contribution in [0.4, 0.5) is 5.69 Å². The van der Waals surface area contributed by atoms with Crippen LogP contribution in [-0.2, 0) is 6.42 Å². The number of benzene rings is 1. The second kappa shape index (κ2) is 6.27. The van der Waals surface area contributed by atoms with Crippen LogP contribution in [0.15, 0.2) is 12.1 Å². The lowest BCUT2D eigenvalue weighted by molar-refractivity contribution is 0.0994. The molecule has 1 aliphatic carbocycles. The Morgan fingerprint density at radius 2 is 1.95 bits per heavy atom. The summed E-state index contributed by atoms with van der Waals surface area (Å²) < 4.78 is 5.50. The zero-order valence-electron chi connectivity index (χ0n) is 12.9. The van der Waals surface area contributed by atoms with E-state index in [9.17, 15) is 4.79 Å². The van der Waals surface area contributed by atoms with Gasteiger partial charge in [-0.15, -0.1) is 0 Å². The van der Waals surface area contributed by atoms with Crippen molar-refractivity contribution in [2.24, 2.45) is 0 Å². The van der Waals surface area contributed by atoms with E-state index in [1.807, 2.05) is 6.07 Å². The van der Waals surface area contributed by atoms with Crippen LogP contribution in [0.25, 0.3) is 0 Å². The Hall–Kier alpha value is -1.55. The zero-order chi connectivity index (χ0) is 14.7. The fourth-order valence-corrected chi connectivity index (χ4v) is 2.64. The monoisotopic (exact) mass is 276 g/mol. The van der Waals surface area contributed by atoms with E-state index < -0.39 is 0 Å². The third kappa shape index (κ3) is 2.96. The number of rotatable bonds is 6. The third-order valence-corrected chi connectivity index (χ3v) is 3.87. The molecule has 0 radical (unpaired) electrons. The van der Waals surface area contributed by atoms with Crippen molar-refractivity contribution < 1.29 is 9.53 Å². The van der Waals surface area contributed by atoms with Crippen molar-refractivity contribution in [1.82, 2.24) is 4.90 Å². The van der Waals surface area contributed by atoms with Gasteiger partial charge >= 0.3 is 0 Å². The Morgan fingerprint density at radius 3 is 2.55 bits per heavy atom. The molecular formula is C16H24N2O2. The second-order valence-corrected chi connectivity index (χ2v) is 5.49. The van der Waals surface area contributed by atoms with Crippen LogP contribution in [0, 0.1) is 0 Å². The molecule has 0 atom stereocenters. The minimum absolute atomic E-state index is 0.237. The number of likely N-dealkylation sites (N-methyl/N-ethyl adjacent to an activating group) is 2. The molecule has 0 bridgehead atoms. The largest absolute Gasteiger partial charge is 0.495 e. The first-order valence-electron chi connectivity index (χ1n) is 7.20. The Morgan fingerprint density at radius 1 is 1.20 bits per heavy atom. The van der Waals surface area contributed by atoms with E-state index in [0.717, 1.165) is 48.6 Å². The molecule has 0 spiro atoms. The highest BCUT2D eigenvalue weighted by Gasteiger charge is 2.23. The van der Waals surface area contributed by atoms with Crippen LogP contribution >= 0.6 is 0 Å². The number of Topliss-reactive ketones (excluding diaryl/α,β-unsaturated/α-hetero) is 1. The maximum Gasteiger partial charge on any atom is 0.163 e. The molecule has 0 N–H and O–H groups in total. The summed E-state index contributed by atoms with van der Waals surface area (Å²) in [5, 5.41) is 0. The van der Waals surface area contributed by atoms with Crippen LogP contribution in [0.2, 0.25) is 0 Å². The van der Waals surface area contributed by atoms with E-state index in [1.165, 1.54) is 0 Å². The summed E-state index contributed by atoms with van der Waals surface area (Å²) >= 11 is 0. The molecule has 0 aromatic heterocycles. The smallest absolute Gasteiger partial charge is 0.163 e. The summed E-state index contributed by atoms with van der Waals surface area (Å²) in [6.07, 6.45) is 1.49. The fourth-order valence-electron chi connectivity index (χ4n) is 2.64. The van der Waals surface area contributed by atoms with Crippen LogP contribution in [0.3, 0.4) is 0 Å².